The molecule has 0 aromatic heterocycles. The van der Waals surface area contributed by atoms with Crippen molar-refractivity contribution in [2.75, 3.05) is 37.6 Å². The summed E-state index contributed by atoms with van der Waals surface area (Å²) < 4.78 is 0. The van der Waals surface area contributed by atoms with Crippen molar-refractivity contribution in [1.82, 2.24) is 9.80 Å². The molecule has 4 rings (SSSR count). The molecule has 2 aromatic rings. The zero-order chi connectivity index (χ0) is 20.2. The fourth-order valence-electron chi connectivity index (χ4n) is 4.41. The Kier molecular flexibility index (Phi) is 5.95. The molecule has 0 radical (unpaired) electrons. The molecular weight excluding hydrogens is 362 g/mol. The molecule has 152 valence electrons. The number of aryl methyl sites for hydroxylation is 1. The summed E-state index contributed by atoms with van der Waals surface area (Å²) in [6.07, 6.45) is 1.20. The molecule has 29 heavy (non-hydrogen) atoms. The number of rotatable bonds is 5. The Balaban J connectivity index is 1.34. The van der Waals surface area contributed by atoms with Gasteiger partial charge in [-0.2, -0.15) is 0 Å². The Morgan fingerprint density at radius 2 is 1.66 bits per heavy atom. The SMILES string of the molecule is CCc1ccccc1N1CC(C(=O)N2CCN(Cc3ccccc3)CC2)CC1=O. The van der Waals surface area contributed by atoms with Crippen LogP contribution in [0.3, 0.4) is 0 Å². The summed E-state index contributed by atoms with van der Waals surface area (Å²) >= 11 is 0. The van der Waals surface area contributed by atoms with Gasteiger partial charge in [-0.05, 0) is 23.6 Å². The van der Waals surface area contributed by atoms with E-state index in [1.807, 2.05) is 34.1 Å². The number of hydrogen-bond acceptors (Lipinski definition) is 3. The molecule has 0 saturated carbocycles. The highest BCUT2D eigenvalue weighted by Crippen LogP contribution is 2.29. The fraction of sp³-hybridized carbons (Fsp3) is 0.417. The predicted molar refractivity (Wildman–Crippen MR) is 115 cm³/mol. The second-order valence-electron chi connectivity index (χ2n) is 7.97. The summed E-state index contributed by atoms with van der Waals surface area (Å²) in [5, 5.41) is 0. The lowest BCUT2D eigenvalue weighted by atomic mass is 10.1. The maximum atomic E-state index is 13.1. The summed E-state index contributed by atoms with van der Waals surface area (Å²) in [6.45, 7) is 6.75. The van der Waals surface area contributed by atoms with Crippen LogP contribution in [-0.2, 0) is 22.6 Å². The zero-order valence-electron chi connectivity index (χ0n) is 17.1. The lowest BCUT2D eigenvalue weighted by Gasteiger charge is -2.36. The molecule has 5 heteroatoms. The smallest absolute Gasteiger partial charge is 0.228 e. The van der Waals surface area contributed by atoms with Crippen LogP contribution in [0, 0.1) is 5.92 Å². The molecule has 2 saturated heterocycles. The Morgan fingerprint density at radius 3 is 2.38 bits per heavy atom. The molecule has 2 heterocycles. The number of nitrogens with zero attached hydrogens (tertiary/aromatic N) is 3. The van der Waals surface area contributed by atoms with Gasteiger partial charge in [-0.25, -0.2) is 0 Å². The van der Waals surface area contributed by atoms with Crippen LogP contribution in [0.15, 0.2) is 54.6 Å². The van der Waals surface area contributed by atoms with Crippen molar-refractivity contribution in [3.05, 3.63) is 65.7 Å². The van der Waals surface area contributed by atoms with E-state index >= 15 is 0 Å². The molecule has 1 atom stereocenters. The Bertz CT molecular complexity index is 859. The quantitative estimate of drug-likeness (QED) is 0.787. The molecule has 2 aliphatic heterocycles. The Labute approximate surface area is 172 Å². The monoisotopic (exact) mass is 391 g/mol. The third-order valence-electron chi connectivity index (χ3n) is 6.07. The Hall–Kier alpha value is -2.66. The van der Waals surface area contributed by atoms with Gasteiger partial charge in [0.15, 0.2) is 0 Å². The first-order valence-corrected chi connectivity index (χ1v) is 10.6. The minimum atomic E-state index is -0.229. The summed E-state index contributed by atoms with van der Waals surface area (Å²) in [5.41, 5.74) is 3.42. The van der Waals surface area contributed by atoms with Gasteiger partial charge in [-0.15, -0.1) is 0 Å². The maximum absolute atomic E-state index is 13.1. The van der Waals surface area contributed by atoms with Crippen molar-refractivity contribution in [2.24, 2.45) is 5.92 Å². The summed E-state index contributed by atoms with van der Waals surface area (Å²) in [6, 6.07) is 18.5. The van der Waals surface area contributed by atoms with Crippen molar-refractivity contribution in [2.45, 2.75) is 26.3 Å². The first-order valence-electron chi connectivity index (χ1n) is 10.6. The summed E-state index contributed by atoms with van der Waals surface area (Å²) in [5.74, 6) is -0.0331. The number of amides is 2. The van der Waals surface area contributed by atoms with Crippen LogP contribution >= 0.6 is 0 Å². The highest BCUT2D eigenvalue weighted by Gasteiger charge is 2.38. The van der Waals surface area contributed by atoms with Crippen LogP contribution in [0.2, 0.25) is 0 Å². The predicted octanol–water partition coefficient (Wildman–Crippen LogP) is 2.95. The third-order valence-corrected chi connectivity index (χ3v) is 6.07. The molecule has 0 aliphatic carbocycles. The van der Waals surface area contributed by atoms with Gasteiger partial charge in [0.05, 0.1) is 5.92 Å². The average Bonchev–Trinajstić information content (AvgIpc) is 3.16. The van der Waals surface area contributed by atoms with E-state index in [-0.39, 0.29) is 17.7 Å². The van der Waals surface area contributed by atoms with E-state index in [1.54, 1.807) is 0 Å². The largest absolute Gasteiger partial charge is 0.340 e. The lowest BCUT2D eigenvalue weighted by Crippen LogP contribution is -2.50. The molecule has 1 unspecified atom stereocenters. The van der Waals surface area contributed by atoms with Gasteiger partial charge in [-0.3, -0.25) is 14.5 Å². The number of anilines is 1. The molecule has 2 aromatic carbocycles. The van der Waals surface area contributed by atoms with Crippen LogP contribution in [-0.4, -0.2) is 54.3 Å². The third kappa shape index (κ3) is 4.35. The van der Waals surface area contributed by atoms with Crippen LogP contribution < -0.4 is 4.90 Å². The van der Waals surface area contributed by atoms with Crippen molar-refractivity contribution in [3.63, 3.8) is 0 Å². The molecule has 0 N–H and O–H groups in total. The zero-order valence-corrected chi connectivity index (χ0v) is 17.1. The van der Waals surface area contributed by atoms with Gasteiger partial charge in [0.25, 0.3) is 0 Å². The number of carbonyl (C=O) groups is 2. The molecule has 5 nitrogen and oxygen atoms in total. The van der Waals surface area contributed by atoms with Crippen molar-refractivity contribution < 1.29 is 9.59 Å². The van der Waals surface area contributed by atoms with Crippen LogP contribution in [0.4, 0.5) is 5.69 Å². The number of piperazine rings is 1. The molecule has 0 bridgehead atoms. The highest BCUT2D eigenvalue weighted by molar-refractivity contribution is 6.00. The van der Waals surface area contributed by atoms with E-state index in [1.165, 1.54) is 5.56 Å². The van der Waals surface area contributed by atoms with Crippen molar-refractivity contribution in [3.8, 4) is 0 Å². The number of benzene rings is 2. The number of hydrogen-bond donors (Lipinski definition) is 0. The fourth-order valence-corrected chi connectivity index (χ4v) is 4.41. The lowest BCUT2D eigenvalue weighted by molar-refractivity contribution is -0.137. The molecule has 0 spiro atoms. The minimum Gasteiger partial charge on any atom is -0.340 e. The van der Waals surface area contributed by atoms with Gasteiger partial charge in [0.2, 0.25) is 11.8 Å². The first kappa shape index (κ1) is 19.6. The average molecular weight is 392 g/mol. The van der Waals surface area contributed by atoms with Gasteiger partial charge in [0.1, 0.15) is 0 Å². The second kappa shape index (κ2) is 8.78. The molecular formula is C24H29N3O2. The van der Waals surface area contributed by atoms with Gasteiger partial charge in [-0.1, -0.05) is 55.5 Å². The van der Waals surface area contributed by atoms with E-state index in [0.29, 0.717) is 13.0 Å². The molecule has 2 amide bonds. The van der Waals surface area contributed by atoms with Gasteiger partial charge in [0, 0.05) is 51.4 Å². The maximum Gasteiger partial charge on any atom is 0.228 e. The van der Waals surface area contributed by atoms with Crippen LogP contribution in [0.5, 0.6) is 0 Å². The summed E-state index contributed by atoms with van der Waals surface area (Å²) in [7, 11) is 0. The number of carbonyl (C=O) groups excluding carboxylic acids is 2. The van der Waals surface area contributed by atoms with Crippen molar-refractivity contribution in [1.29, 1.82) is 0 Å². The topological polar surface area (TPSA) is 43.9 Å². The van der Waals surface area contributed by atoms with Gasteiger partial charge >= 0.3 is 0 Å². The molecule has 2 aliphatic rings. The van der Waals surface area contributed by atoms with Crippen molar-refractivity contribution >= 4 is 17.5 Å². The summed E-state index contributed by atoms with van der Waals surface area (Å²) in [4.78, 5) is 31.9. The van der Waals surface area contributed by atoms with E-state index in [2.05, 4.69) is 42.2 Å². The normalized spacial score (nSPS) is 20.3. The van der Waals surface area contributed by atoms with E-state index in [0.717, 1.165) is 50.4 Å². The minimum absolute atomic E-state index is 0.0620. The van der Waals surface area contributed by atoms with Crippen LogP contribution in [0.1, 0.15) is 24.5 Å². The van der Waals surface area contributed by atoms with E-state index in [9.17, 15) is 9.59 Å². The standard InChI is InChI=1S/C24H29N3O2/c1-2-20-10-6-7-11-22(20)27-18-21(16-23(27)28)24(29)26-14-12-25(13-15-26)17-19-8-4-3-5-9-19/h3-11,21H,2,12-18H2,1H3. The van der Waals surface area contributed by atoms with Gasteiger partial charge < -0.3 is 9.80 Å². The highest BCUT2D eigenvalue weighted by atomic mass is 16.2. The Morgan fingerprint density at radius 1 is 0.966 bits per heavy atom. The van der Waals surface area contributed by atoms with E-state index in [4.69, 9.17) is 0 Å². The first-order chi connectivity index (χ1) is 14.2. The van der Waals surface area contributed by atoms with E-state index < -0.39 is 0 Å². The molecule has 2 fully saturated rings. The number of para-hydroxylation sites is 1. The second-order valence-corrected chi connectivity index (χ2v) is 7.97. The van der Waals surface area contributed by atoms with Crippen LogP contribution in [0.25, 0.3) is 0 Å².